The summed E-state index contributed by atoms with van der Waals surface area (Å²) in [6.07, 6.45) is 1.76. The molecule has 1 aliphatic rings. The number of ether oxygens (including phenoxy) is 3. The quantitative estimate of drug-likeness (QED) is 0.228. The van der Waals surface area contributed by atoms with Crippen LogP contribution in [0.15, 0.2) is 87.8 Å². The maximum Gasteiger partial charge on any atom is 0.338 e. The van der Waals surface area contributed by atoms with Crippen LogP contribution in [0, 0.1) is 6.92 Å². The second-order valence-electron chi connectivity index (χ2n) is 9.75. The fourth-order valence-electron chi connectivity index (χ4n) is 4.81. The molecule has 7 nitrogen and oxygen atoms in total. The van der Waals surface area contributed by atoms with E-state index in [0.29, 0.717) is 55.9 Å². The Balaban J connectivity index is 1.59. The number of carbonyl (C=O) groups is 1. The molecule has 42 heavy (non-hydrogen) atoms. The fourth-order valence-corrected chi connectivity index (χ4v) is 6.13. The average Bonchev–Trinajstić information content (AvgIpc) is 3.27. The van der Waals surface area contributed by atoms with Gasteiger partial charge in [-0.25, -0.2) is 9.79 Å². The normalized spacial score (nSPS) is 14.8. The monoisotopic (exact) mass is 602 g/mol. The molecule has 0 unspecified atom stereocenters. The van der Waals surface area contributed by atoms with Crippen LogP contribution >= 0.6 is 22.9 Å². The minimum absolute atomic E-state index is 0.217. The van der Waals surface area contributed by atoms with Gasteiger partial charge < -0.3 is 14.2 Å². The van der Waals surface area contributed by atoms with E-state index in [2.05, 4.69) is 4.99 Å². The van der Waals surface area contributed by atoms with E-state index in [1.165, 1.54) is 11.3 Å². The standard InChI is InChI=1S/C33H31ClN2O5S/c1-5-39-26-17-23(16-25(34)30(26)41-19-22-10-8-7-9-11-22)18-27-31(37)36-29(24-14-12-20(3)13-15-24)28(32(38)40-6-2)21(4)35-33(36)42-27/h7-18,29H,5-6,19H2,1-4H3/b27-18+/t29-/m1/s1. The molecule has 0 amide bonds. The molecule has 9 heteroatoms. The van der Waals surface area contributed by atoms with Gasteiger partial charge in [-0.05, 0) is 62.6 Å². The molecule has 216 valence electrons. The molecule has 1 atom stereocenters. The van der Waals surface area contributed by atoms with Crippen LogP contribution in [0.2, 0.25) is 5.02 Å². The van der Waals surface area contributed by atoms with Gasteiger partial charge >= 0.3 is 5.97 Å². The van der Waals surface area contributed by atoms with Crippen LogP contribution in [-0.4, -0.2) is 23.8 Å². The first-order chi connectivity index (χ1) is 20.3. The highest BCUT2D eigenvalue weighted by Gasteiger charge is 2.33. The number of rotatable bonds is 9. The molecule has 0 saturated heterocycles. The Labute approximate surface area is 253 Å². The van der Waals surface area contributed by atoms with Crippen LogP contribution in [0.5, 0.6) is 11.5 Å². The number of fused-ring (bicyclic) bond motifs is 1. The maximum absolute atomic E-state index is 13.9. The summed E-state index contributed by atoms with van der Waals surface area (Å²) in [4.78, 5) is 32.2. The van der Waals surface area contributed by atoms with Crippen molar-refractivity contribution in [3.63, 3.8) is 0 Å². The Morgan fingerprint density at radius 3 is 2.45 bits per heavy atom. The van der Waals surface area contributed by atoms with Crippen LogP contribution in [0.25, 0.3) is 6.08 Å². The van der Waals surface area contributed by atoms with Gasteiger partial charge in [0, 0.05) is 0 Å². The molecule has 4 aromatic rings. The Bertz CT molecular complexity index is 1830. The summed E-state index contributed by atoms with van der Waals surface area (Å²) in [5, 5.41) is 0.369. The average molecular weight is 603 g/mol. The Morgan fingerprint density at radius 1 is 1.02 bits per heavy atom. The number of hydrogen-bond acceptors (Lipinski definition) is 7. The van der Waals surface area contributed by atoms with Crippen LogP contribution in [0.1, 0.15) is 49.1 Å². The van der Waals surface area contributed by atoms with E-state index in [1.54, 1.807) is 36.6 Å². The number of carbonyl (C=O) groups excluding carboxylic acids is 1. The fraction of sp³-hybridized carbons (Fsp3) is 0.242. The number of halogens is 1. The van der Waals surface area contributed by atoms with Gasteiger partial charge in [-0.15, -0.1) is 0 Å². The largest absolute Gasteiger partial charge is 0.490 e. The number of hydrogen-bond donors (Lipinski definition) is 0. The molecule has 1 aromatic heterocycles. The summed E-state index contributed by atoms with van der Waals surface area (Å²) < 4.78 is 19.3. The lowest BCUT2D eigenvalue weighted by Gasteiger charge is -2.24. The summed E-state index contributed by atoms with van der Waals surface area (Å²) in [5.74, 6) is 0.436. The smallest absolute Gasteiger partial charge is 0.338 e. The van der Waals surface area contributed by atoms with E-state index in [9.17, 15) is 9.59 Å². The van der Waals surface area contributed by atoms with Gasteiger partial charge in [-0.1, -0.05) is 83.1 Å². The molecule has 0 radical (unpaired) electrons. The number of aromatic nitrogens is 1. The lowest BCUT2D eigenvalue weighted by atomic mass is 9.95. The van der Waals surface area contributed by atoms with Crippen molar-refractivity contribution in [3.8, 4) is 11.5 Å². The van der Waals surface area contributed by atoms with E-state index in [0.717, 1.165) is 16.7 Å². The van der Waals surface area contributed by atoms with Gasteiger partial charge in [-0.2, -0.15) is 0 Å². The van der Waals surface area contributed by atoms with Gasteiger partial charge in [0.25, 0.3) is 5.56 Å². The SMILES string of the molecule is CCOC(=O)C1=C(C)N=c2s/c(=C/c3cc(Cl)c(OCc4ccccc4)c(OCC)c3)c(=O)n2[C@@H]1c1ccc(C)cc1. The molecule has 0 fully saturated rings. The zero-order chi connectivity index (χ0) is 29.8. The lowest BCUT2D eigenvalue weighted by Crippen LogP contribution is -2.39. The van der Waals surface area contributed by atoms with E-state index >= 15 is 0 Å². The first-order valence-corrected chi connectivity index (χ1v) is 14.9. The highest BCUT2D eigenvalue weighted by atomic mass is 35.5. The molecule has 0 spiro atoms. The second-order valence-corrected chi connectivity index (χ2v) is 11.2. The van der Waals surface area contributed by atoms with Crippen molar-refractivity contribution in [1.29, 1.82) is 0 Å². The van der Waals surface area contributed by atoms with E-state index in [-0.39, 0.29) is 12.2 Å². The summed E-state index contributed by atoms with van der Waals surface area (Å²) >= 11 is 7.93. The molecule has 0 aliphatic carbocycles. The number of nitrogens with zero attached hydrogens (tertiary/aromatic N) is 2. The molecule has 5 rings (SSSR count). The van der Waals surface area contributed by atoms with E-state index in [4.69, 9.17) is 25.8 Å². The molecular weight excluding hydrogens is 572 g/mol. The van der Waals surface area contributed by atoms with Crippen LogP contribution < -0.4 is 24.4 Å². The number of thiazole rings is 1. The van der Waals surface area contributed by atoms with Crippen molar-refractivity contribution in [2.45, 2.75) is 40.3 Å². The van der Waals surface area contributed by atoms with Crippen molar-refractivity contribution in [1.82, 2.24) is 4.57 Å². The number of aryl methyl sites for hydroxylation is 1. The van der Waals surface area contributed by atoms with Gasteiger partial charge in [0.05, 0.1) is 40.1 Å². The first kappa shape index (κ1) is 29.4. The molecule has 1 aliphatic heterocycles. The Hall–Kier alpha value is -4.14. The summed E-state index contributed by atoms with van der Waals surface area (Å²) in [6, 6.07) is 20.5. The van der Waals surface area contributed by atoms with Crippen LogP contribution in [0.4, 0.5) is 0 Å². The van der Waals surface area contributed by atoms with Crippen LogP contribution in [-0.2, 0) is 16.1 Å². The van der Waals surface area contributed by atoms with Crippen molar-refractivity contribution >= 4 is 35.0 Å². The number of benzene rings is 3. The third-order valence-corrected chi connectivity index (χ3v) is 8.03. The third kappa shape index (κ3) is 6.05. The van der Waals surface area contributed by atoms with E-state index < -0.39 is 12.0 Å². The summed E-state index contributed by atoms with van der Waals surface area (Å²) in [5.41, 5.74) is 4.15. The molecule has 2 heterocycles. The molecule has 0 saturated carbocycles. The zero-order valence-electron chi connectivity index (χ0n) is 23.8. The summed E-state index contributed by atoms with van der Waals surface area (Å²) in [6.45, 7) is 8.36. The first-order valence-electron chi connectivity index (χ1n) is 13.7. The molecule has 0 bridgehead atoms. The minimum Gasteiger partial charge on any atom is -0.490 e. The molecular formula is C33H31ClN2O5S. The predicted molar refractivity (Wildman–Crippen MR) is 165 cm³/mol. The number of esters is 1. The topological polar surface area (TPSA) is 79.1 Å². The van der Waals surface area contributed by atoms with Gasteiger partial charge in [0.1, 0.15) is 6.61 Å². The Morgan fingerprint density at radius 2 is 1.76 bits per heavy atom. The third-order valence-electron chi connectivity index (χ3n) is 6.77. The Kier molecular flexibility index (Phi) is 8.94. The highest BCUT2D eigenvalue weighted by molar-refractivity contribution is 7.07. The van der Waals surface area contributed by atoms with Crippen molar-refractivity contribution in [3.05, 3.63) is 125 Å². The van der Waals surface area contributed by atoms with Crippen molar-refractivity contribution < 1.29 is 19.0 Å². The van der Waals surface area contributed by atoms with E-state index in [1.807, 2.05) is 68.4 Å². The zero-order valence-corrected chi connectivity index (χ0v) is 25.4. The van der Waals surface area contributed by atoms with Gasteiger partial charge in [0.2, 0.25) is 0 Å². The van der Waals surface area contributed by atoms with Crippen molar-refractivity contribution in [2.75, 3.05) is 13.2 Å². The van der Waals surface area contributed by atoms with Gasteiger partial charge in [-0.3, -0.25) is 9.36 Å². The number of allylic oxidation sites excluding steroid dienone is 1. The summed E-state index contributed by atoms with van der Waals surface area (Å²) in [7, 11) is 0. The highest BCUT2D eigenvalue weighted by Crippen LogP contribution is 2.37. The predicted octanol–water partition coefficient (Wildman–Crippen LogP) is 5.74. The van der Waals surface area contributed by atoms with Gasteiger partial charge in [0.15, 0.2) is 16.3 Å². The molecule has 0 N–H and O–H groups in total. The van der Waals surface area contributed by atoms with Crippen LogP contribution in [0.3, 0.4) is 0 Å². The van der Waals surface area contributed by atoms with Crippen molar-refractivity contribution in [2.24, 2.45) is 4.99 Å². The minimum atomic E-state index is -0.667. The second kappa shape index (κ2) is 12.8. The lowest BCUT2D eigenvalue weighted by molar-refractivity contribution is -0.139. The molecule has 3 aromatic carbocycles. The maximum atomic E-state index is 13.9.